The standard InChI is InChI=1S/C14H13FN4O2/c1-16-14(21)19-10-4-2-9(3-5-10)18-13(20)11-6-7-17-8-12(11)15/h2-8H,1H3,(H,18,20)(H2,16,19,21). The molecular weight excluding hydrogens is 275 g/mol. The summed E-state index contributed by atoms with van der Waals surface area (Å²) in [6.07, 6.45) is 2.32. The topological polar surface area (TPSA) is 83.1 Å². The lowest BCUT2D eigenvalue weighted by Crippen LogP contribution is -2.24. The molecule has 0 bridgehead atoms. The highest BCUT2D eigenvalue weighted by atomic mass is 19.1. The van der Waals surface area contributed by atoms with E-state index in [0.717, 1.165) is 6.20 Å². The number of rotatable bonds is 3. The zero-order valence-electron chi connectivity index (χ0n) is 11.2. The number of hydrogen-bond acceptors (Lipinski definition) is 3. The Morgan fingerprint density at radius 2 is 1.67 bits per heavy atom. The van der Waals surface area contributed by atoms with Crippen molar-refractivity contribution in [2.45, 2.75) is 0 Å². The Morgan fingerprint density at radius 3 is 2.24 bits per heavy atom. The third-order valence-corrected chi connectivity index (χ3v) is 2.64. The highest BCUT2D eigenvalue weighted by Crippen LogP contribution is 2.15. The Kier molecular flexibility index (Phi) is 4.45. The van der Waals surface area contributed by atoms with Gasteiger partial charge in [0.1, 0.15) is 0 Å². The molecule has 7 heteroatoms. The van der Waals surface area contributed by atoms with Crippen molar-refractivity contribution in [3.05, 3.63) is 54.1 Å². The van der Waals surface area contributed by atoms with Crippen LogP contribution in [0.1, 0.15) is 10.4 Å². The van der Waals surface area contributed by atoms with Gasteiger partial charge in [-0.1, -0.05) is 0 Å². The smallest absolute Gasteiger partial charge is 0.318 e. The van der Waals surface area contributed by atoms with Gasteiger partial charge in [-0.15, -0.1) is 0 Å². The van der Waals surface area contributed by atoms with E-state index in [1.54, 1.807) is 24.3 Å². The summed E-state index contributed by atoms with van der Waals surface area (Å²) in [5, 5.41) is 7.56. The SMILES string of the molecule is CNC(=O)Nc1ccc(NC(=O)c2ccncc2F)cc1. The van der Waals surface area contributed by atoms with Gasteiger partial charge in [0.15, 0.2) is 5.82 Å². The second-order valence-corrected chi connectivity index (χ2v) is 4.09. The summed E-state index contributed by atoms with van der Waals surface area (Å²) in [7, 11) is 1.51. The van der Waals surface area contributed by atoms with Crippen LogP contribution in [0, 0.1) is 5.82 Å². The number of nitrogens with zero attached hydrogens (tertiary/aromatic N) is 1. The van der Waals surface area contributed by atoms with Crippen LogP contribution in [-0.2, 0) is 0 Å². The number of benzene rings is 1. The van der Waals surface area contributed by atoms with Crippen molar-refractivity contribution < 1.29 is 14.0 Å². The summed E-state index contributed by atoms with van der Waals surface area (Å²) < 4.78 is 13.4. The molecule has 2 rings (SSSR count). The molecule has 0 aliphatic carbocycles. The van der Waals surface area contributed by atoms with Crippen LogP contribution in [0.3, 0.4) is 0 Å². The van der Waals surface area contributed by atoms with Crippen molar-refractivity contribution >= 4 is 23.3 Å². The minimum atomic E-state index is -0.687. The minimum Gasteiger partial charge on any atom is -0.341 e. The number of pyridine rings is 1. The fraction of sp³-hybridized carbons (Fsp3) is 0.0714. The molecule has 0 saturated carbocycles. The van der Waals surface area contributed by atoms with E-state index in [1.165, 1.54) is 19.3 Å². The van der Waals surface area contributed by atoms with Crippen LogP contribution in [0.4, 0.5) is 20.6 Å². The number of urea groups is 1. The zero-order chi connectivity index (χ0) is 15.2. The molecule has 0 saturated heterocycles. The van der Waals surface area contributed by atoms with Gasteiger partial charge < -0.3 is 16.0 Å². The summed E-state index contributed by atoms with van der Waals surface area (Å²) in [4.78, 5) is 26.6. The minimum absolute atomic E-state index is 0.0856. The molecule has 21 heavy (non-hydrogen) atoms. The molecule has 1 heterocycles. The molecular formula is C14H13FN4O2. The first kappa shape index (κ1) is 14.4. The number of anilines is 2. The van der Waals surface area contributed by atoms with Crippen molar-refractivity contribution in [2.75, 3.05) is 17.7 Å². The molecule has 0 aliphatic rings. The van der Waals surface area contributed by atoms with Gasteiger partial charge in [0, 0.05) is 24.6 Å². The van der Waals surface area contributed by atoms with Gasteiger partial charge in [-0.3, -0.25) is 9.78 Å². The van der Waals surface area contributed by atoms with Gasteiger partial charge in [-0.05, 0) is 30.3 Å². The summed E-state index contributed by atoms with van der Waals surface area (Å²) in [5.41, 5.74) is 0.971. The molecule has 6 nitrogen and oxygen atoms in total. The maximum absolute atomic E-state index is 13.4. The fourth-order valence-electron chi connectivity index (χ4n) is 1.59. The Balaban J connectivity index is 2.05. The molecule has 3 amide bonds. The molecule has 0 spiro atoms. The molecule has 108 valence electrons. The summed E-state index contributed by atoms with van der Waals surface area (Å²) in [5.74, 6) is -1.25. The number of carbonyl (C=O) groups excluding carboxylic acids is 2. The molecule has 0 fully saturated rings. The lowest BCUT2D eigenvalue weighted by atomic mass is 10.2. The number of halogens is 1. The first-order valence-electron chi connectivity index (χ1n) is 6.10. The van der Waals surface area contributed by atoms with Crippen LogP contribution in [0.25, 0.3) is 0 Å². The lowest BCUT2D eigenvalue weighted by Gasteiger charge is -2.08. The first-order valence-corrected chi connectivity index (χ1v) is 6.10. The van der Waals surface area contributed by atoms with Crippen molar-refractivity contribution in [1.82, 2.24) is 10.3 Å². The lowest BCUT2D eigenvalue weighted by molar-refractivity contribution is 0.102. The van der Waals surface area contributed by atoms with Crippen LogP contribution in [-0.4, -0.2) is 24.0 Å². The molecule has 0 atom stereocenters. The molecule has 0 unspecified atom stereocenters. The van der Waals surface area contributed by atoms with Crippen molar-refractivity contribution in [2.24, 2.45) is 0 Å². The summed E-state index contributed by atoms with van der Waals surface area (Å²) in [6.45, 7) is 0. The number of amides is 3. The van der Waals surface area contributed by atoms with Crippen LogP contribution in [0.15, 0.2) is 42.7 Å². The number of aromatic nitrogens is 1. The third-order valence-electron chi connectivity index (χ3n) is 2.64. The fourth-order valence-corrected chi connectivity index (χ4v) is 1.59. The van der Waals surface area contributed by atoms with E-state index in [2.05, 4.69) is 20.9 Å². The zero-order valence-corrected chi connectivity index (χ0v) is 11.2. The van der Waals surface area contributed by atoms with E-state index < -0.39 is 11.7 Å². The largest absolute Gasteiger partial charge is 0.341 e. The number of carbonyl (C=O) groups is 2. The third kappa shape index (κ3) is 3.75. The van der Waals surface area contributed by atoms with E-state index in [4.69, 9.17) is 0 Å². The quantitative estimate of drug-likeness (QED) is 0.809. The average Bonchev–Trinajstić information content (AvgIpc) is 2.49. The molecule has 3 N–H and O–H groups in total. The molecule has 0 aliphatic heterocycles. The Labute approximate surface area is 120 Å². The van der Waals surface area contributed by atoms with E-state index in [0.29, 0.717) is 11.4 Å². The second-order valence-electron chi connectivity index (χ2n) is 4.09. The summed E-state index contributed by atoms with van der Waals surface area (Å²) >= 11 is 0. The maximum Gasteiger partial charge on any atom is 0.318 e. The number of nitrogens with one attached hydrogen (secondary N) is 3. The predicted octanol–water partition coefficient (Wildman–Crippen LogP) is 2.22. The molecule has 2 aromatic rings. The highest BCUT2D eigenvalue weighted by Gasteiger charge is 2.11. The van der Waals surface area contributed by atoms with Crippen molar-refractivity contribution in [1.29, 1.82) is 0 Å². The van der Waals surface area contributed by atoms with Gasteiger partial charge in [0.05, 0.1) is 11.8 Å². The van der Waals surface area contributed by atoms with Gasteiger partial charge >= 0.3 is 6.03 Å². The van der Waals surface area contributed by atoms with Crippen LogP contribution >= 0.6 is 0 Å². The number of hydrogen-bond donors (Lipinski definition) is 3. The Hall–Kier alpha value is -2.96. The van der Waals surface area contributed by atoms with E-state index in [9.17, 15) is 14.0 Å². The van der Waals surface area contributed by atoms with Crippen LogP contribution in [0.5, 0.6) is 0 Å². The van der Waals surface area contributed by atoms with Crippen LogP contribution in [0.2, 0.25) is 0 Å². The van der Waals surface area contributed by atoms with Crippen LogP contribution < -0.4 is 16.0 Å². The highest BCUT2D eigenvalue weighted by molar-refractivity contribution is 6.04. The van der Waals surface area contributed by atoms with Crippen molar-refractivity contribution in [3.63, 3.8) is 0 Å². The van der Waals surface area contributed by atoms with Gasteiger partial charge in [-0.25, -0.2) is 9.18 Å². The monoisotopic (exact) mass is 288 g/mol. The van der Waals surface area contributed by atoms with Crippen molar-refractivity contribution in [3.8, 4) is 0 Å². The Bertz CT molecular complexity index is 658. The molecule has 1 aromatic heterocycles. The second kappa shape index (κ2) is 6.47. The maximum atomic E-state index is 13.4. The average molecular weight is 288 g/mol. The molecule has 1 aromatic carbocycles. The Morgan fingerprint density at radius 1 is 1.05 bits per heavy atom. The van der Waals surface area contributed by atoms with Gasteiger partial charge in [-0.2, -0.15) is 0 Å². The predicted molar refractivity (Wildman–Crippen MR) is 76.7 cm³/mol. The van der Waals surface area contributed by atoms with E-state index in [-0.39, 0.29) is 11.6 Å². The normalized spacial score (nSPS) is 9.81. The van der Waals surface area contributed by atoms with E-state index >= 15 is 0 Å². The first-order chi connectivity index (χ1) is 10.1. The van der Waals surface area contributed by atoms with E-state index in [1.807, 2.05) is 0 Å². The molecule has 0 radical (unpaired) electrons. The van der Waals surface area contributed by atoms with Gasteiger partial charge in [0.25, 0.3) is 5.91 Å². The van der Waals surface area contributed by atoms with Gasteiger partial charge in [0.2, 0.25) is 0 Å². The summed E-state index contributed by atoms with van der Waals surface area (Å²) in [6, 6.07) is 7.39.